The third kappa shape index (κ3) is 2.90. The van der Waals surface area contributed by atoms with E-state index in [1.165, 1.54) is 11.1 Å². The van der Waals surface area contributed by atoms with Crippen LogP contribution >= 0.6 is 0 Å². The standard InChI is InChI=1S/C16H18O2/c1-18-16-10-9-14(12-15(16)8-5-11-17)13-6-3-2-4-7-13/h2-4,6-7,9-10,12,17H,5,8,11H2,1H3. The lowest BCUT2D eigenvalue weighted by Gasteiger charge is -2.10. The lowest BCUT2D eigenvalue weighted by molar-refractivity contribution is 0.287. The number of hydrogen-bond donors (Lipinski definition) is 1. The molecule has 0 unspecified atom stereocenters. The zero-order valence-electron chi connectivity index (χ0n) is 10.6. The normalized spacial score (nSPS) is 10.3. The topological polar surface area (TPSA) is 29.5 Å². The highest BCUT2D eigenvalue weighted by molar-refractivity contribution is 5.65. The molecule has 94 valence electrons. The molecule has 0 spiro atoms. The Balaban J connectivity index is 2.33. The van der Waals surface area contributed by atoms with E-state index in [9.17, 15) is 0 Å². The lowest BCUT2D eigenvalue weighted by atomic mass is 10.0. The van der Waals surface area contributed by atoms with Crippen molar-refractivity contribution in [1.29, 1.82) is 0 Å². The third-order valence-corrected chi connectivity index (χ3v) is 2.99. The molecule has 0 saturated carbocycles. The Morgan fingerprint density at radius 3 is 2.44 bits per heavy atom. The van der Waals surface area contributed by atoms with Gasteiger partial charge in [-0.15, -0.1) is 0 Å². The average molecular weight is 242 g/mol. The maximum absolute atomic E-state index is 8.94. The molecule has 0 amide bonds. The summed E-state index contributed by atoms with van der Waals surface area (Å²) in [6.07, 6.45) is 1.59. The second-order valence-electron chi connectivity index (χ2n) is 4.22. The second-order valence-corrected chi connectivity index (χ2v) is 4.22. The van der Waals surface area contributed by atoms with Crippen molar-refractivity contribution in [3.8, 4) is 16.9 Å². The van der Waals surface area contributed by atoms with Gasteiger partial charge in [0.2, 0.25) is 0 Å². The summed E-state index contributed by atoms with van der Waals surface area (Å²) in [7, 11) is 1.68. The Hall–Kier alpha value is -1.80. The van der Waals surface area contributed by atoms with E-state index in [4.69, 9.17) is 9.84 Å². The molecule has 0 saturated heterocycles. The minimum Gasteiger partial charge on any atom is -0.496 e. The highest BCUT2D eigenvalue weighted by Gasteiger charge is 2.05. The maximum atomic E-state index is 8.94. The molecule has 0 bridgehead atoms. The van der Waals surface area contributed by atoms with Gasteiger partial charge in [0.25, 0.3) is 0 Å². The maximum Gasteiger partial charge on any atom is 0.122 e. The fourth-order valence-corrected chi connectivity index (χ4v) is 2.05. The number of aliphatic hydroxyl groups excluding tert-OH is 1. The Bertz CT molecular complexity index is 492. The summed E-state index contributed by atoms with van der Waals surface area (Å²) >= 11 is 0. The van der Waals surface area contributed by atoms with Gasteiger partial charge in [0.15, 0.2) is 0 Å². The summed E-state index contributed by atoms with van der Waals surface area (Å²) < 4.78 is 5.35. The lowest BCUT2D eigenvalue weighted by Crippen LogP contribution is -1.95. The van der Waals surface area contributed by atoms with Crippen LogP contribution in [0.5, 0.6) is 5.75 Å². The van der Waals surface area contributed by atoms with Crippen LogP contribution < -0.4 is 4.74 Å². The van der Waals surface area contributed by atoms with Crippen molar-refractivity contribution in [1.82, 2.24) is 0 Å². The van der Waals surface area contributed by atoms with Gasteiger partial charge < -0.3 is 9.84 Å². The molecule has 0 aliphatic rings. The first kappa shape index (κ1) is 12.7. The molecule has 0 fully saturated rings. The molecule has 0 aliphatic carbocycles. The molecule has 0 aliphatic heterocycles. The summed E-state index contributed by atoms with van der Waals surface area (Å²) in [5, 5.41) is 8.94. The molecular weight excluding hydrogens is 224 g/mol. The highest BCUT2D eigenvalue weighted by atomic mass is 16.5. The van der Waals surface area contributed by atoms with Gasteiger partial charge in [-0.2, -0.15) is 0 Å². The van der Waals surface area contributed by atoms with Gasteiger partial charge >= 0.3 is 0 Å². The van der Waals surface area contributed by atoms with Gasteiger partial charge in [0.05, 0.1) is 7.11 Å². The zero-order valence-corrected chi connectivity index (χ0v) is 10.6. The fraction of sp³-hybridized carbons (Fsp3) is 0.250. The summed E-state index contributed by atoms with van der Waals surface area (Å²) in [5.41, 5.74) is 3.53. The zero-order chi connectivity index (χ0) is 12.8. The monoisotopic (exact) mass is 242 g/mol. The number of hydrogen-bond acceptors (Lipinski definition) is 2. The van der Waals surface area contributed by atoms with E-state index >= 15 is 0 Å². The van der Waals surface area contributed by atoms with Crippen LogP contribution in [0.15, 0.2) is 48.5 Å². The van der Waals surface area contributed by atoms with Crippen LogP contribution in [-0.4, -0.2) is 18.8 Å². The quantitative estimate of drug-likeness (QED) is 0.871. The first-order chi connectivity index (χ1) is 8.85. The van der Waals surface area contributed by atoms with E-state index in [0.717, 1.165) is 24.2 Å². The third-order valence-electron chi connectivity index (χ3n) is 2.99. The number of ether oxygens (including phenoxy) is 1. The van der Waals surface area contributed by atoms with Crippen LogP contribution in [0.3, 0.4) is 0 Å². The van der Waals surface area contributed by atoms with Gasteiger partial charge in [-0.05, 0) is 41.7 Å². The predicted molar refractivity (Wildman–Crippen MR) is 73.8 cm³/mol. The van der Waals surface area contributed by atoms with Gasteiger partial charge in [0.1, 0.15) is 5.75 Å². The number of benzene rings is 2. The number of rotatable bonds is 5. The Morgan fingerprint density at radius 2 is 1.78 bits per heavy atom. The summed E-state index contributed by atoms with van der Waals surface area (Å²) in [5.74, 6) is 0.892. The highest BCUT2D eigenvalue weighted by Crippen LogP contribution is 2.27. The van der Waals surface area contributed by atoms with Crippen molar-refractivity contribution in [2.45, 2.75) is 12.8 Å². The largest absolute Gasteiger partial charge is 0.496 e. The van der Waals surface area contributed by atoms with E-state index in [1.807, 2.05) is 24.3 Å². The van der Waals surface area contributed by atoms with Crippen LogP contribution in [0.4, 0.5) is 0 Å². The Labute approximate surface area is 108 Å². The molecule has 2 rings (SSSR count). The van der Waals surface area contributed by atoms with Crippen LogP contribution in [0.2, 0.25) is 0 Å². The predicted octanol–water partition coefficient (Wildman–Crippen LogP) is 3.29. The van der Waals surface area contributed by atoms with Crippen molar-refractivity contribution in [2.75, 3.05) is 13.7 Å². The number of aliphatic hydroxyl groups is 1. The minimum atomic E-state index is 0.207. The molecule has 0 atom stereocenters. The van der Waals surface area contributed by atoms with Crippen LogP contribution in [0.25, 0.3) is 11.1 Å². The Morgan fingerprint density at radius 1 is 1.00 bits per heavy atom. The smallest absolute Gasteiger partial charge is 0.122 e. The molecule has 2 heteroatoms. The van der Waals surface area contributed by atoms with Crippen LogP contribution in [0.1, 0.15) is 12.0 Å². The van der Waals surface area contributed by atoms with E-state index in [1.54, 1.807) is 7.11 Å². The van der Waals surface area contributed by atoms with Crippen LogP contribution in [0, 0.1) is 0 Å². The van der Waals surface area contributed by atoms with Crippen molar-refractivity contribution in [3.05, 3.63) is 54.1 Å². The van der Waals surface area contributed by atoms with E-state index < -0.39 is 0 Å². The molecule has 18 heavy (non-hydrogen) atoms. The van der Waals surface area contributed by atoms with Gasteiger partial charge in [0, 0.05) is 6.61 Å². The van der Waals surface area contributed by atoms with Gasteiger partial charge in [-0.1, -0.05) is 36.4 Å². The summed E-state index contributed by atoms with van der Waals surface area (Å²) in [6.45, 7) is 0.207. The molecular formula is C16H18O2. The van der Waals surface area contributed by atoms with E-state index in [2.05, 4.69) is 24.3 Å². The molecule has 2 aromatic carbocycles. The first-order valence-electron chi connectivity index (χ1n) is 6.18. The first-order valence-corrected chi connectivity index (χ1v) is 6.18. The van der Waals surface area contributed by atoms with Crippen molar-refractivity contribution in [2.24, 2.45) is 0 Å². The van der Waals surface area contributed by atoms with Crippen LogP contribution in [-0.2, 0) is 6.42 Å². The van der Waals surface area contributed by atoms with Crippen molar-refractivity contribution in [3.63, 3.8) is 0 Å². The molecule has 2 nitrogen and oxygen atoms in total. The fourth-order valence-electron chi connectivity index (χ4n) is 2.05. The molecule has 0 heterocycles. The van der Waals surface area contributed by atoms with Gasteiger partial charge in [-0.25, -0.2) is 0 Å². The minimum absolute atomic E-state index is 0.207. The SMILES string of the molecule is COc1ccc(-c2ccccc2)cc1CCCO. The average Bonchev–Trinajstić information content (AvgIpc) is 2.45. The molecule has 0 radical (unpaired) electrons. The summed E-state index contributed by atoms with van der Waals surface area (Å²) in [6, 6.07) is 16.5. The number of methoxy groups -OCH3 is 1. The molecule has 1 N–H and O–H groups in total. The number of aryl methyl sites for hydroxylation is 1. The molecule has 2 aromatic rings. The van der Waals surface area contributed by atoms with Crippen molar-refractivity contribution < 1.29 is 9.84 Å². The van der Waals surface area contributed by atoms with E-state index in [-0.39, 0.29) is 6.61 Å². The van der Waals surface area contributed by atoms with E-state index in [0.29, 0.717) is 0 Å². The Kier molecular flexibility index (Phi) is 4.37. The van der Waals surface area contributed by atoms with Crippen molar-refractivity contribution >= 4 is 0 Å². The summed E-state index contributed by atoms with van der Waals surface area (Å²) in [4.78, 5) is 0. The second kappa shape index (κ2) is 6.22. The molecule has 0 aromatic heterocycles. The van der Waals surface area contributed by atoms with Gasteiger partial charge in [-0.3, -0.25) is 0 Å².